The molecule has 2 heterocycles. The predicted molar refractivity (Wildman–Crippen MR) is 76.9 cm³/mol. The van der Waals surface area contributed by atoms with E-state index in [4.69, 9.17) is 14.2 Å². The molecule has 0 aliphatic carbocycles. The lowest BCUT2D eigenvalue weighted by Crippen LogP contribution is -2.41. The second-order valence-corrected chi connectivity index (χ2v) is 5.65. The number of benzene rings is 1. The molecule has 0 N–H and O–H groups in total. The molecule has 1 aromatic carbocycles. The Morgan fingerprint density at radius 1 is 1.30 bits per heavy atom. The molecule has 0 radical (unpaired) electrons. The summed E-state index contributed by atoms with van der Waals surface area (Å²) in [5, 5.41) is 0. The third kappa shape index (κ3) is 2.97. The summed E-state index contributed by atoms with van der Waals surface area (Å²) in [6.07, 6.45) is 0.707. The number of halogens is 1. The van der Waals surface area contributed by atoms with Gasteiger partial charge in [0, 0.05) is 4.47 Å². The molecular weight excluding hydrogens is 326 g/mol. The smallest absolute Gasteiger partial charge is 0.232 e. The van der Waals surface area contributed by atoms with Crippen LogP contribution in [0, 0.1) is 0 Å². The minimum atomic E-state index is -0.422. The lowest BCUT2D eigenvalue weighted by molar-refractivity contribution is -0.183. The summed E-state index contributed by atoms with van der Waals surface area (Å²) in [6.45, 7) is 2.37. The summed E-state index contributed by atoms with van der Waals surface area (Å²) in [5.74, 6) is 0.734. The largest absolute Gasteiger partial charge is 0.490 e. The average molecular weight is 342 g/mol. The van der Waals surface area contributed by atoms with Crippen LogP contribution in [-0.2, 0) is 14.3 Å². The fraction of sp³-hybridized carbons (Fsp3) is 0.500. The molecular formula is C14H16BrNO4. The van der Waals surface area contributed by atoms with E-state index < -0.39 is 6.29 Å². The van der Waals surface area contributed by atoms with Crippen molar-refractivity contribution in [2.75, 3.05) is 31.3 Å². The van der Waals surface area contributed by atoms with E-state index in [9.17, 15) is 4.79 Å². The minimum absolute atomic E-state index is 0.000417. The first kappa shape index (κ1) is 13.9. The number of hydrogen-bond acceptors (Lipinski definition) is 4. The van der Waals surface area contributed by atoms with E-state index in [0.29, 0.717) is 26.4 Å². The molecule has 1 saturated heterocycles. The molecule has 0 unspecified atom stereocenters. The number of nitrogens with zero attached hydrogens (tertiary/aromatic N) is 1. The number of hydrogen-bond donors (Lipinski definition) is 0. The molecule has 20 heavy (non-hydrogen) atoms. The zero-order valence-corrected chi connectivity index (χ0v) is 12.6. The Morgan fingerprint density at radius 3 is 2.90 bits per heavy atom. The summed E-state index contributed by atoms with van der Waals surface area (Å²) in [6, 6.07) is 5.67. The van der Waals surface area contributed by atoms with Gasteiger partial charge in [0.25, 0.3) is 0 Å². The van der Waals surface area contributed by atoms with Crippen LogP contribution in [0.2, 0.25) is 0 Å². The number of rotatable bonds is 2. The van der Waals surface area contributed by atoms with Gasteiger partial charge in [-0.3, -0.25) is 4.79 Å². The third-order valence-corrected chi connectivity index (χ3v) is 3.82. The first-order valence-corrected chi connectivity index (χ1v) is 7.49. The molecule has 5 nitrogen and oxygen atoms in total. The normalized spacial score (nSPS) is 19.4. The van der Waals surface area contributed by atoms with Crippen LogP contribution in [-0.4, -0.2) is 38.6 Å². The Hall–Kier alpha value is -1.11. The number of carbonyl (C=O) groups excluding carboxylic acids is 1. The Kier molecular flexibility index (Phi) is 4.24. The lowest BCUT2D eigenvalue weighted by atomic mass is 10.2. The lowest BCUT2D eigenvalue weighted by Gasteiger charge is -2.31. The zero-order valence-electron chi connectivity index (χ0n) is 11.0. The van der Waals surface area contributed by atoms with E-state index in [0.717, 1.165) is 22.3 Å². The molecule has 3 rings (SSSR count). The van der Waals surface area contributed by atoms with Gasteiger partial charge in [0.05, 0.1) is 31.9 Å². The van der Waals surface area contributed by atoms with Gasteiger partial charge >= 0.3 is 0 Å². The van der Waals surface area contributed by atoms with E-state index in [1.807, 2.05) is 18.2 Å². The molecule has 1 fully saturated rings. The van der Waals surface area contributed by atoms with Gasteiger partial charge in [-0.1, -0.05) is 15.9 Å². The molecule has 108 valence electrons. The number of amides is 1. The maximum absolute atomic E-state index is 12.4. The number of anilines is 1. The molecule has 1 aromatic rings. The first-order chi connectivity index (χ1) is 9.74. The minimum Gasteiger partial charge on any atom is -0.490 e. The van der Waals surface area contributed by atoms with Gasteiger partial charge in [0.15, 0.2) is 6.29 Å². The van der Waals surface area contributed by atoms with Gasteiger partial charge in [-0.15, -0.1) is 0 Å². The van der Waals surface area contributed by atoms with Crippen molar-refractivity contribution in [3.63, 3.8) is 0 Å². The first-order valence-electron chi connectivity index (χ1n) is 6.70. The highest BCUT2D eigenvalue weighted by molar-refractivity contribution is 9.10. The Labute approximate surface area is 125 Å². The Balaban J connectivity index is 1.74. The van der Waals surface area contributed by atoms with Gasteiger partial charge < -0.3 is 19.1 Å². The van der Waals surface area contributed by atoms with Gasteiger partial charge in [-0.05, 0) is 24.6 Å². The molecule has 0 bridgehead atoms. The van der Waals surface area contributed by atoms with Crippen LogP contribution in [0.3, 0.4) is 0 Å². The summed E-state index contributed by atoms with van der Waals surface area (Å²) in [5.41, 5.74) is 0.798. The van der Waals surface area contributed by atoms with Crippen LogP contribution in [0.1, 0.15) is 12.8 Å². The highest BCUT2D eigenvalue weighted by Gasteiger charge is 2.27. The molecule has 0 spiro atoms. The van der Waals surface area contributed by atoms with Crippen LogP contribution >= 0.6 is 15.9 Å². The summed E-state index contributed by atoms with van der Waals surface area (Å²) in [4.78, 5) is 14.2. The van der Waals surface area contributed by atoms with Crippen molar-refractivity contribution >= 4 is 27.5 Å². The van der Waals surface area contributed by atoms with Crippen molar-refractivity contribution in [1.29, 1.82) is 0 Å². The Morgan fingerprint density at radius 2 is 2.10 bits per heavy atom. The van der Waals surface area contributed by atoms with Crippen molar-refractivity contribution in [2.24, 2.45) is 0 Å². The van der Waals surface area contributed by atoms with Gasteiger partial charge in [0.1, 0.15) is 12.4 Å². The van der Waals surface area contributed by atoms with Crippen LogP contribution in [0.15, 0.2) is 22.7 Å². The van der Waals surface area contributed by atoms with Crippen LogP contribution in [0.25, 0.3) is 0 Å². The molecule has 2 aliphatic heterocycles. The highest BCUT2D eigenvalue weighted by atomic mass is 79.9. The summed E-state index contributed by atoms with van der Waals surface area (Å²) in [7, 11) is 0. The maximum Gasteiger partial charge on any atom is 0.232 e. The highest BCUT2D eigenvalue weighted by Crippen LogP contribution is 2.34. The van der Waals surface area contributed by atoms with Crippen molar-refractivity contribution < 1.29 is 19.0 Å². The van der Waals surface area contributed by atoms with E-state index in [-0.39, 0.29) is 12.3 Å². The molecule has 0 aromatic heterocycles. The monoisotopic (exact) mass is 341 g/mol. The van der Waals surface area contributed by atoms with Crippen molar-refractivity contribution in [3.05, 3.63) is 22.7 Å². The molecule has 0 saturated carbocycles. The Bertz CT molecular complexity index is 502. The standard InChI is InChI=1S/C14H16BrNO4/c15-10-2-3-12-11(8-10)16(4-7-18-12)13(17)9-14-19-5-1-6-20-14/h2-3,8,14H,1,4-7,9H2. The quantitative estimate of drug-likeness (QED) is 0.828. The van der Waals surface area contributed by atoms with E-state index in [1.165, 1.54) is 0 Å². The van der Waals surface area contributed by atoms with Crippen LogP contribution < -0.4 is 9.64 Å². The van der Waals surface area contributed by atoms with Crippen molar-refractivity contribution in [2.45, 2.75) is 19.1 Å². The fourth-order valence-electron chi connectivity index (χ4n) is 2.36. The second kappa shape index (κ2) is 6.11. The zero-order chi connectivity index (χ0) is 13.9. The van der Waals surface area contributed by atoms with Crippen molar-refractivity contribution in [3.8, 4) is 5.75 Å². The third-order valence-electron chi connectivity index (χ3n) is 3.32. The van der Waals surface area contributed by atoms with Gasteiger partial charge in [0.2, 0.25) is 5.91 Å². The molecule has 2 aliphatic rings. The summed E-state index contributed by atoms with van der Waals surface area (Å²) < 4.78 is 17.4. The predicted octanol–water partition coefficient (Wildman–Crippen LogP) is 2.33. The van der Waals surface area contributed by atoms with Crippen molar-refractivity contribution in [1.82, 2.24) is 0 Å². The van der Waals surface area contributed by atoms with Crippen LogP contribution in [0.5, 0.6) is 5.75 Å². The number of carbonyl (C=O) groups is 1. The van der Waals surface area contributed by atoms with E-state index in [2.05, 4.69) is 15.9 Å². The number of fused-ring (bicyclic) bond motifs is 1. The second-order valence-electron chi connectivity index (χ2n) is 4.73. The fourth-order valence-corrected chi connectivity index (χ4v) is 2.71. The molecule has 0 atom stereocenters. The maximum atomic E-state index is 12.4. The van der Waals surface area contributed by atoms with E-state index in [1.54, 1.807) is 4.90 Å². The molecule has 1 amide bonds. The van der Waals surface area contributed by atoms with E-state index >= 15 is 0 Å². The summed E-state index contributed by atoms with van der Waals surface area (Å²) >= 11 is 3.42. The topological polar surface area (TPSA) is 48.0 Å². The van der Waals surface area contributed by atoms with Gasteiger partial charge in [-0.25, -0.2) is 0 Å². The molecule has 6 heteroatoms. The van der Waals surface area contributed by atoms with Gasteiger partial charge in [-0.2, -0.15) is 0 Å². The average Bonchev–Trinajstić information content (AvgIpc) is 2.47. The SMILES string of the molecule is O=C(CC1OCCCO1)N1CCOc2ccc(Br)cc21. The van der Waals surface area contributed by atoms with Crippen LogP contribution in [0.4, 0.5) is 5.69 Å². The number of ether oxygens (including phenoxy) is 3.